The number of carbonyl (C=O) groups is 2. The van der Waals surface area contributed by atoms with Crippen LogP contribution in [0.1, 0.15) is 39.2 Å². The number of nitrogens with zero attached hydrogens (tertiary/aromatic N) is 1. The van der Waals surface area contributed by atoms with E-state index in [1.54, 1.807) is 18.9 Å². The number of aromatic amines is 1. The van der Waals surface area contributed by atoms with Gasteiger partial charge in [0.1, 0.15) is 5.75 Å². The summed E-state index contributed by atoms with van der Waals surface area (Å²) < 4.78 is 10.4. The first kappa shape index (κ1) is 20.0. The number of H-pyrrole nitrogens is 1. The molecule has 152 valence electrons. The Morgan fingerprint density at radius 2 is 2.00 bits per heavy atom. The Balaban J connectivity index is 1.68. The Morgan fingerprint density at radius 3 is 2.64 bits per heavy atom. The molecule has 28 heavy (non-hydrogen) atoms. The number of fused-ring (bicyclic) bond motifs is 1. The van der Waals surface area contributed by atoms with Crippen LogP contribution < -0.4 is 10.1 Å². The van der Waals surface area contributed by atoms with Crippen LogP contribution in [-0.2, 0) is 14.9 Å². The molecule has 0 atom stereocenters. The van der Waals surface area contributed by atoms with Gasteiger partial charge in [0.15, 0.2) is 0 Å². The van der Waals surface area contributed by atoms with E-state index in [1.807, 2.05) is 38.2 Å². The second kappa shape index (κ2) is 8.12. The Bertz CT molecular complexity index is 850. The zero-order valence-electron chi connectivity index (χ0n) is 17.0. The summed E-state index contributed by atoms with van der Waals surface area (Å²) in [6.45, 7) is 7.21. The van der Waals surface area contributed by atoms with E-state index in [-0.39, 0.29) is 18.0 Å². The van der Waals surface area contributed by atoms with Gasteiger partial charge in [-0.2, -0.15) is 0 Å². The first-order valence-electron chi connectivity index (χ1n) is 9.75. The summed E-state index contributed by atoms with van der Waals surface area (Å²) in [5, 5.41) is 4.15. The molecule has 1 aliphatic heterocycles. The smallest absolute Gasteiger partial charge is 0.409 e. The summed E-state index contributed by atoms with van der Waals surface area (Å²) in [6, 6.07) is 5.86. The topological polar surface area (TPSA) is 83.7 Å². The molecule has 2 aromatic rings. The predicted molar refractivity (Wildman–Crippen MR) is 108 cm³/mol. The second-order valence-electron chi connectivity index (χ2n) is 7.67. The van der Waals surface area contributed by atoms with Crippen LogP contribution in [-0.4, -0.2) is 54.7 Å². The van der Waals surface area contributed by atoms with Crippen molar-refractivity contribution in [2.24, 2.45) is 0 Å². The minimum Gasteiger partial charge on any atom is -0.497 e. The molecule has 1 aromatic heterocycles. The summed E-state index contributed by atoms with van der Waals surface area (Å²) in [5.41, 5.74) is 1.20. The maximum atomic E-state index is 13.1. The molecule has 1 aliphatic rings. The van der Waals surface area contributed by atoms with Gasteiger partial charge in [0, 0.05) is 36.2 Å². The van der Waals surface area contributed by atoms with Crippen LogP contribution in [0.25, 0.3) is 10.9 Å². The number of carbonyl (C=O) groups excluding carboxylic acids is 2. The van der Waals surface area contributed by atoms with Gasteiger partial charge in [0.25, 0.3) is 0 Å². The largest absolute Gasteiger partial charge is 0.497 e. The van der Waals surface area contributed by atoms with Crippen molar-refractivity contribution in [3.63, 3.8) is 0 Å². The minimum atomic E-state index is -0.705. The van der Waals surface area contributed by atoms with Crippen LogP contribution in [0.5, 0.6) is 5.75 Å². The van der Waals surface area contributed by atoms with Crippen LogP contribution in [0.3, 0.4) is 0 Å². The SMILES string of the molecule is CCOC(=O)N1CCC(NC(=O)C(C)(C)c2c[nH]c3ccc(OC)cc23)CC1. The summed E-state index contributed by atoms with van der Waals surface area (Å²) in [7, 11) is 1.63. The lowest BCUT2D eigenvalue weighted by Gasteiger charge is -2.33. The summed E-state index contributed by atoms with van der Waals surface area (Å²) in [6.07, 6.45) is 3.07. The molecular weight excluding hydrogens is 358 g/mol. The third-order valence-corrected chi connectivity index (χ3v) is 5.49. The quantitative estimate of drug-likeness (QED) is 0.825. The van der Waals surface area contributed by atoms with Gasteiger partial charge in [0.2, 0.25) is 5.91 Å². The lowest BCUT2D eigenvalue weighted by atomic mass is 9.83. The van der Waals surface area contributed by atoms with Crippen molar-refractivity contribution in [1.82, 2.24) is 15.2 Å². The van der Waals surface area contributed by atoms with Gasteiger partial charge in [-0.1, -0.05) is 0 Å². The highest BCUT2D eigenvalue weighted by Crippen LogP contribution is 2.33. The maximum absolute atomic E-state index is 13.1. The summed E-state index contributed by atoms with van der Waals surface area (Å²) in [4.78, 5) is 29.8. The first-order chi connectivity index (χ1) is 13.4. The van der Waals surface area contributed by atoms with E-state index in [0.29, 0.717) is 19.7 Å². The van der Waals surface area contributed by atoms with Gasteiger partial charge in [-0.15, -0.1) is 0 Å². The van der Waals surface area contributed by atoms with Crippen molar-refractivity contribution in [3.8, 4) is 5.75 Å². The van der Waals surface area contributed by atoms with Gasteiger partial charge >= 0.3 is 6.09 Å². The zero-order chi connectivity index (χ0) is 20.3. The lowest BCUT2D eigenvalue weighted by Crippen LogP contribution is -2.50. The van der Waals surface area contributed by atoms with Crippen molar-refractivity contribution in [2.75, 3.05) is 26.8 Å². The van der Waals surface area contributed by atoms with Crippen molar-refractivity contribution in [2.45, 2.75) is 45.1 Å². The van der Waals surface area contributed by atoms with E-state index in [1.165, 1.54) is 0 Å². The maximum Gasteiger partial charge on any atom is 0.409 e. The number of rotatable bonds is 5. The molecule has 3 rings (SSSR count). The van der Waals surface area contributed by atoms with Gasteiger partial charge in [-0.25, -0.2) is 4.79 Å². The molecule has 1 saturated heterocycles. The van der Waals surface area contributed by atoms with E-state index in [9.17, 15) is 9.59 Å². The number of hydrogen-bond acceptors (Lipinski definition) is 4. The molecule has 1 fully saturated rings. The molecular formula is C21H29N3O4. The Labute approximate surface area is 165 Å². The Kier molecular flexibility index (Phi) is 5.82. The third-order valence-electron chi connectivity index (χ3n) is 5.49. The molecule has 2 N–H and O–H groups in total. The fraction of sp³-hybridized carbons (Fsp3) is 0.524. The Hall–Kier alpha value is -2.70. The van der Waals surface area contributed by atoms with Crippen LogP contribution in [0.4, 0.5) is 4.79 Å². The highest BCUT2D eigenvalue weighted by molar-refractivity contribution is 5.95. The van der Waals surface area contributed by atoms with Crippen LogP contribution in [0, 0.1) is 0 Å². The predicted octanol–water partition coefficient (Wildman–Crippen LogP) is 3.19. The molecule has 0 unspecified atom stereocenters. The van der Waals surface area contributed by atoms with E-state index in [4.69, 9.17) is 9.47 Å². The van der Waals surface area contributed by atoms with E-state index in [2.05, 4.69) is 10.3 Å². The second-order valence-corrected chi connectivity index (χ2v) is 7.67. The van der Waals surface area contributed by atoms with Crippen molar-refractivity contribution in [3.05, 3.63) is 30.0 Å². The number of hydrogen-bond donors (Lipinski definition) is 2. The average Bonchev–Trinajstić information content (AvgIpc) is 3.12. The molecule has 2 heterocycles. The number of amides is 2. The number of aromatic nitrogens is 1. The van der Waals surface area contributed by atoms with Crippen LogP contribution >= 0.6 is 0 Å². The highest BCUT2D eigenvalue weighted by atomic mass is 16.6. The van der Waals surface area contributed by atoms with Gasteiger partial charge in [0.05, 0.1) is 19.1 Å². The Morgan fingerprint density at radius 1 is 1.29 bits per heavy atom. The molecule has 0 radical (unpaired) electrons. The fourth-order valence-electron chi connectivity index (χ4n) is 3.65. The molecule has 7 heteroatoms. The average molecular weight is 387 g/mol. The monoisotopic (exact) mass is 387 g/mol. The lowest BCUT2D eigenvalue weighted by molar-refractivity contribution is -0.126. The molecule has 0 saturated carbocycles. The molecule has 1 aromatic carbocycles. The number of ether oxygens (including phenoxy) is 2. The fourth-order valence-corrected chi connectivity index (χ4v) is 3.65. The van der Waals surface area contributed by atoms with Crippen LogP contribution in [0.15, 0.2) is 24.4 Å². The minimum absolute atomic E-state index is 0.0224. The number of likely N-dealkylation sites (tertiary alicyclic amines) is 1. The summed E-state index contributed by atoms with van der Waals surface area (Å²) in [5.74, 6) is 0.738. The van der Waals surface area contributed by atoms with Gasteiger partial charge < -0.3 is 24.7 Å². The first-order valence-corrected chi connectivity index (χ1v) is 9.75. The van der Waals surface area contributed by atoms with Crippen molar-refractivity contribution >= 4 is 22.9 Å². The van der Waals surface area contributed by atoms with Crippen molar-refractivity contribution < 1.29 is 19.1 Å². The van der Waals surface area contributed by atoms with Gasteiger partial charge in [-0.05, 0) is 57.4 Å². The molecule has 7 nitrogen and oxygen atoms in total. The van der Waals surface area contributed by atoms with Crippen LogP contribution in [0.2, 0.25) is 0 Å². The summed E-state index contributed by atoms with van der Waals surface area (Å²) >= 11 is 0. The third kappa shape index (κ3) is 3.93. The van der Waals surface area contributed by atoms with Crippen molar-refractivity contribution in [1.29, 1.82) is 0 Å². The van der Waals surface area contributed by atoms with E-state index >= 15 is 0 Å². The highest BCUT2D eigenvalue weighted by Gasteiger charge is 2.34. The molecule has 0 aliphatic carbocycles. The molecule has 0 bridgehead atoms. The number of methoxy groups -OCH3 is 1. The number of nitrogens with one attached hydrogen (secondary N) is 2. The number of benzene rings is 1. The van der Waals surface area contributed by atoms with Gasteiger partial charge in [-0.3, -0.25) is 4.79 Å². The zero-order valence-corrected chi connectivity index (χ0v) is 17.0. The molecule has 2 amide bonds. The number of piperidine rings is 1. The normalized spacial score (nSPS) is 15.5. The van der Waals surface area contributed by atoms with E-state index in [0.717, 1.165) is 35.1 Å². The van der Waals surface area contributed by atoms with E-state index < -0.39 is 5.41 Å². The molecule has 0 spiro atoms. The standard InChI is InChI=1S/C21H29N3O4/c1-5-28-20(26)24-10-8-14(9-11-24)23-19(25)21(2,3)17-13-22-18-7-6-15(27-4)12-16(17)18/h6-7,12-14,22H,5,8-11H2,1-4H3,(H,23,25).